The lowest BCUT2D eigenvalue weighted by molar-refractivity contribution is 1.16. The van der Waals surface area contributed by atoms with Gasteiger partial charge in [0, 0.05) is 23.7 Å². The van der Waals surface area contributed by atoms with Gasteiger partial charge in [0.25, 0.3) is 0 Å². The third-order valence-electron chi connectivity index (χ3n) is 0.920. The molecule has 0 aliphatic carbocycles. The van der Waals surface area contributed by atoms with E-state index in [-0.39, 0.29) is 0 Å². The summed E-state index contributed by atoms with van der Waals surface area (Å²) in [5.41, 5.74) is 0.955. The zero-order chi connectivity index (χ0) is 6.15. The van der Waals surface area contributed by atoms with Gasteiger partial charge in [-0.1, -0.05) is 11.6 Å². The van der Waals surface area contributed by atoms with Crippen LogP contribution >= 0.6 is 23.4 Å². The van der Waals surface area contributed by atoms with E-state index in [0.29, 0.717) is 5.02 Å². The van der Waals surface area contributed by atoms with Crippen LogP contribution in [0.15, 0.2) is 12.3 Å². The summed E-state index contributed by atoms with van der Waals surface area (Å²) >= 11 is 11.1. The fourth-order valence-electron chi connectivity index (χ4n) is 0.509. The molecule has 0 N–H and O–H groups in total. The third-order valence-corrected chi connectivity index (χ3v) is 1.49. The van der Waals surface area contributed by atoms with E-state index in [2.05, 4.69) is 0 Å². The molecule has 0 saturated heterocycles. The highest BCUT2D eigenvalue weighted by Crippen LogP contribution is 2.13. The van der Waals surface area contributed by atoms with E-state index in [9.17, 15) is 0 Å². The molecular formula is C5H5Cl2N. The number of aryl methyl sites for hydroxylation is 1. The summed E-state index contributed by atoms with van der Waals surface area (Å²) in [4.78, 5) is 0. The number of hydrogen-bond donors (Lipinski definition) is 0. The molecule has 0 spiro atoms. The van der Waals surface area contributed by atoms with Crippen molar-refractivity contribution in [3.8, 4) is 0 Å². The lowest BCUT2D eigenvalue weighted by atomic mass is 10.5. The van der Waals surface area contributed by atoms with E-state index >= 15 is 0 Å². The van der Waals surface area contributed by atoms with Crippen molar-refractivity contribution in [2.24, 2.45) is 0 Å². The van der Waals surface area contributed by atoms with Gasteiger partial charge in [-0.15, -0.1) is 0 Å². The fraction of sp³-hybridized carbons (Fsp3) is 0.200. The molecule has 0 aromatic carbocycles. The summed E-state index contributed by atoms with van der Waals surface area (Å²) in [5, 5.41) is 0.678. The van der Waals surface area contributed by atoms with Crippen LogP contribution in [-0.4, -0.2) is 4.09 Å². The second-order valence-electron chi connectivity index (χ2n) is 1.61. The first-order valence-corrected chi connectivity index (χ1v) is 2.92. The summed E-state index contributed by atoms with van der Waals surface area (Å²) in [5.74, 6) is 0. The van der Waals surface area contributed by atoms with Gasteiger partial charge in [-0.3, -0.25) is 4.09 Å². The lowest BCUT2D eigenvalue weighted by Crippen LogP contribution is -1.75. The molecule has 0 aliphatic rings. The van der Waals surface area contributed by atoms with Crippen molar-refractivity contribution >= 4 is 23.4 Å². The Morgan fingerprint density at radius 3 is 2.38 bits per heavy atom. The van der Waals surface area contributed by atoms with Crippen molar-refractivity contribution < 1.29 is 0 Å². The van der Waals surface area contributed by atoms with Gasteiger partial charge in [-0.05, 0) is 13.0 Å². The Balaban J connectivity index is 3.14. The van der Waals surface area contributed by atoms with Gasteiger partial charge >= 0.3 is 0 Å². The molecule has 0 radical (unpaired) electrons. The van der Waals surface area contributed by atoms with E-state index < -0.39 is 0 Å². The highest BCUT2D eigenvalue weighted by Gasteiger charge is 1.93. The topological polar surface area (TPSA) is 4.93 Å². The SMILES string of the molecule is Cc1cc(Cl)cn1Cl. The summed E-state index contributed by atoms with van der Waals surface area (Å²) in [6.45, 7) is 1.89. The van der Waals surface area contributed by atoms with E-state index in [1.807, 2.05) is 6.92 Å². The fourth-order valence-corrected chi connectivity index (χ4v) is 0.968. The molecule has 44 valence electrons. The lowest BCUT2D eigenvalue weighted by Gasteiger charge is -1.85. The van der Waals surface area contributed by atoms with E-state index in [0.717, 1.165) is 5.69 Å². The minimum Gasteiger partial charge on any atom is -0.264 e. The Bertz CT molecular complexity index is 173. The van der Waals surface area contributed by atoms with Crippen LogP contribution < -0.4 is 0 Å². The largest absolute Gasteiger partial charge is 0.264 e. The normalized spacial score (nSPS) is 9.88. The van der Waals surface area contributed by atoms with Gasteiger partial charge in [0.2, 0.25) is 0 Å². The van der Waals surface area contributed by atoms with Gasteiger partial charge in [0.1, 0.15) is 0 Å². The maximum Gasteiger partial charge on any atom is 0.0600 e. The molecule has 0 amide bonds. The monoisotopic (exact) mass is 149 g/mol. The van der Waals surface area contributed by atoms with Crippen LogP contribution in [0.1, 0.15) is 5.69 Å². The first kappa shape index (κ1) is 5.99. The molecular weight excluding hydrogens is 145 g/mol. The van der Waals surface area contributed by atoms with Crippen molar-refractivity contribution in [3.05, 3.63) is 23.0 Å². The Morgan fingerprint density at radius 2 is 2.25 bits per heavy atom. The number of rotatable bonds is 0. The molecule has 0 bridgehead atoms. The molecule has 1 rings (SSSR count). The summed E-state index contributed by atoms with van der Waals surface area (Å²) < 4.78 is 1.46. The van der Waals surface area contributed by atoms with Gasteiger partial charge < -0.3 is 0 Å². The van der Waals surface area contributed by atoms with Gasteiger partial charge in [-0.25, -0.2) is 0 Å². The maximum atomic E-state index is 5.56. The van der Waals surface area contributed by atoms with Crippen LogP contribution in [0.25, 0.3) is 0 Å². The van der Waals surface area contributed by atoms with E-state index in [1.165, 1.54) is 4.09 Å². The van der Waals surface area contributed by atoms with Crippen LogP contribution in [0, 0.1) is 6.92 Å². The molecule has 1 nitrogen and oxygen atoms in total. The van der Waals surface area contributed by atoms with Crippen LogP contribution in [0.4, 0.5) is 0 Å². The van der Waals surface area contributed by atoms with Crippen molar-refractivity contribution in [2.45, 2.75) is 6.92 Å². The molecule has 0 fully saturated rings. The minimum atomic E-state index is 0.678. The molecule has 0 atom stereocenters. The minimum absolute atomic E-state index is 0.678. The van der Waals surface area contributed by atoms with Crippen LogP contribution in [0.3, 0.4) is 0 Å². The zero-order valence-corrected chi connectivity index (χ0v) is 5.87. The third kappa shape index (κ3) is 0.984. The average Bonchev–Trinajstić information content (AvgIpc) is 1.85. The van der Waals surface area contributed by atoms with E-state index in [1.54, 1.807) is 12.3 Å². The predicted octanol–water partition coefficient (Wildman–Crippen LogP) is 2.45. The Hall–Kier alpha value is -0.140. The standard InChI is InChI=1S/C5H5Cl2N/c1-4-2-5(6)3-8(4)7/h2-3H,1H3. The van der Waals surface area contributed by atoms with Gasteiger partial charge in [0.15, 0.2) is 0 Å². The molecule has 0 aliphatic heterocycles. The first-order chi connectivity index (χ1) is 3.70. The molecule has 0 saturated carbocycles. The van der Waals surface area contributed by atoms with Crippen molar-refractivity contribution in [1.29, 1.82) is 0 Å². The van der Waals surface area contributed by atoms with Gasteiger partial charge in [-0.2, -0.15) is 0 Å². The molecule has 1 heterocycles. The van der Waals surface area contributed by atoms with Crippen LogP contribution in [0.2, 0.25) is 5.02 Å². The maximum absolute atomic E-state index is 5.56. The second kappa shape index (κ2) is 2.00. The predicted molar refractivity (Wildman–Crippen MR) is 35.4 cm³/mol. The highest BCUT2D eigenvalue weighted by atomic mass is 35.5. The van der Waals surface area contributed by atoms with Gasteiger partial charge in [0.05, 0.1) is 5.02 Å². The summed E-state index contributed by atoms with van der Waals surface area (Å²) in [6.07, 6.45) is 1.65. The van der Waals surface area contributed by atoms with Crippen LogP contribution in [0.5, 0.6) is 0 Å². The second-order valence-corrected chi connectivity index (χ2v) is 2.41. The van der Waals surface area contributed by atoms with Crippen molar-refractivity contribution in [2.75, 3.05) is 0 Å². The Kier molecular flexibility index (Phi) is 1.49. The average molecular weight is 150 g/mol. The van der Waals surface area contributed by atoms with Crippen molar-refractivity contribution in [3.63, 3.8) is 0 Å². The van der Waals surface area contributed by atoms with Crippen molar-refractivity contribution in [1.82, 2.24) is 4.09 Å². The Morgan fingerprint density at radius 1 is 1.62 bits per heavy atom. The number of hydrogen-bond acceptors (Lipinski definition) is 0. The summed E-state index contributed by atoms with van der Waals surface area (Å²) in [7, 11) is 0. The zero-order valence-electron chi connectivity index (χ0n) is 4.36. The molecule has 1 aromatic heterocycles. The van der Waals surface area contributed by atoms with E-state index in [4.69, 9.17) is 23.4 Å². The smallest absolute Gasteiger partial charge is 0.0600 e. The Labute approximate surface area is 57.9 Å². The highest BCUT2D eigenvalue weighted by molar-refractivity contribution is 6.31. The number of aromatic nitrogens is 1. The molecule has 1 aromatic rings. The quantitative estimate of drug-likeness (QED) is 0.535. The first-order valence-electron chi connectivity index (χ1n) is 2.21. The molecule has 8 heavy (non-hydrogen) atoms. The number of nitrogens with zero attached hydrogens (tertiary/aromatic N) is 1. The summed E-state index contributed by atoms with van der Waals surface area (Å²) in [6, 6.07) is 1.80. The molecule has 0 unspecified atom stereocenters. The number of halogens is 2. The molecule has 3 heteroatoms. The van der Waals surface area contributed by atoms with Crippen LogP contribution in [-0.2, 0) is 0 Å².